The Balaban J connectivity index is 2.47. The number of hydrogen-bond donors (Lipinski definition) is 1. The van der Waals surface area contributed by atoms with Crippen LogP contribution in [0.2, 0.25) is 0 Å². The molecule has 0 spiro atoms. The molecule has 23 heavy (non-hydrogen) atoms. The maximum atomic E-state index is 13.1. The minimum atomic E-state index is -3.62. The standard InChI is InChI=1S/C16H26NO5P/c1-20-16(18)15(23(19,21-2)22-3)14(13-10-7-11-17-13)12-8-5-4-6-9-12/h7,10-12,14-15,17H,4-6,8-9H2,1-3H3. The Morgan fingerprint density at radius 3 is 2.35 bits per heavy atom. The van der Waals surface area contributed by atoms with E-state index in [9.17, 15) is 9.36 Å². The van der Waals surface area contributed by atoms with Gasteiger partial charge in [-0.15, -0.1) is 0 Å². The first-order valence-electron chi connectivity index (χ1n) is 7.99. The van der Waals surface area contributed by atoms with Crippen molar-refractivity contribution in [1.82, 2.24) is 4.98 Å². The van der Waals surface area contributed by atoms with Crippen LogP contribution in [0.15, 0.2) is 18.3 Å². The third kappa shape index (κ3) is 3.87. The maximum Gasteiger partial charge on any atom is 0.345 e. The number of rotatable bonds is 7. The Hall–Kier alpha value is -1.10. The summed E-state index contributed by atoms with van der Waals surface area (Å²) < 4.78 is 28.3. The van der Waals surface area contributed by atoms with Crippen molar-refractivity contribution in [2.24, 2.45) is 5.92 Å². The summed E-state index contributed by atoms with van der Waals surface area (Å²) in [5.41, 5.74) is -0.0918. The van der Waals surface area contributed by atoms with Crippen LogP contribution in [0.4, 0.5) is 0 Å². The Labute approximate surface area is 137 Å². The van der Waals surface area contributed by atoms with Crippen molar-refractivity contribution in [1.29, 1.82) is 0 Å². The van der Waals surface area contributed by atoms with Crippen molar-refractivity contribution in [3.8, 4) is 0 Å². The predicted molar refractivity (Wildman–Crippen MR) is 87.5 cm³/mol. The van der Waals surface area contributed by atoms with Gasteiger partial charge in [0.25, 0.3) is 0 Å². The summed E-state index contributed by atoms with van der Waals surface area (Å²) in [5, 5.41) is 0. The third-order valence-electron chi connectivity index (χ3n) is 4.77. The topological polar surface area (TPSA) is 77.6 Å². The number of aromatic amines is 1. The number of H-pyrrole nitrogens is 1. The molecule has 0 amide bonds. The van der Waals surface area contributed by atoms with E-state index in [0.29, 0.717) is 0 Å². The third-order valence-corrected chi connectivity index (χ3v) is 7.00. The van der Waals surface area contributed by atoms with Gasteiger partial charge in [0.15, 0.2) is 5.66 Å². The second-order valence-electron chi connectivity index (χ2n) is 5.92. The number of esters is 1. The van der Waals surface area contributed by atoms with Gasteiger partial charge in [-0.1, -0.05) is 19.3 Å². The summed E-state index contributed by atoms with van der Waals surface area (Å²) in [5.74, 6) is -0.587. The number of carbonyl (C=O) groups is 1. The lowest BCUT2D eigenvalue weighted by atomic mass is 9.77. The van der Waals surface area contributed by atoms with Crippen molar-refractivity contribution in [2.75, 3.05) is 21.3 Å². The van der Waals surface area contributed by atoms with Crippen LogP contribution in [0.5, 0.6) is 0 Å². The quantitative estimate of drug-likeness (QED) is 0.603. The molecule has 1 aliphatic rings. The molecule has 2 unspecified atom stereocenters. The van der Waals surface area contributed by atoms with E-state index in [-0.39, 0.29) is 11.8 Å². The normalized spacial score (nSPS) is 19.3. The first-order chi connectivity index (χ1) is 11.1. The molecule has 7 heteroatoms. The molecule has 0 aliphatic heterocycles. The fraction of sp³-hybridized carbons (Fsp3) is 0.688. The largest absolute Gasteiger partial charge is 0.468 e. The Bertz CT molecular complexity index is 531. The Morgan fingerprint density at radius 1 is 1.22 bits per heavy atom. The molecule has 0 bridgehead atoms. The molecule has 6 nitrogen and oxygen atoms in total. The molecule has 1 saturated carbocycles. The van der Waals surface area contributed by atoms with E-state index in [1.165, 1.54) is 27.8 Å². The van der Waals surface area contributed by atoms with Gasteiger partial charge < -0.3 is 18.8 Å². The summed E-state index contributed by atoms with van der Waals surface area (Å²) in [6.07, 6.45) is 7.21. The first-order valence-corrected chi connectivity index (χ1v) is 9.61. The predicted octanol–water partition coefficient (Wildman–Crippen LogP) is 3.71. The summed E-state index contributed by atoms with van der Waals surface area (Å²) in [6, 6.07) is 3.80. The highest BCUT2D eigenvalue weighted by Gasteiger charge is 2.50. The zero-order chi connectivity index (χ0) is 16.9. The van der Waals surface area contributed by atoms with E-state index < -0.39 is 19.2 Å². The molecule has 130 valence electrons. The Morgan fingerprint density at radius 2 is 1.87 bits per heavy atom. The number of carbonyl (C=O) groups excluding carboxylic acids is 1. The second kappa shape index (κ2) is 8.13. The van der Waals surface area contributed by atoms with Gasteiger partial charge in [0.2, 0.25) is 0 Å². The SMILES string of the molecule is COC(=O)C(C(c1ccc[nH]1)C1CCCCC1)P(=O)(OC)OC. The fourth-order valence-corrected chi connectivity index (χ4v) is 5.39. The number of aromatic nitrogens is 1. The summed E-state index contributed by atoms with van der Waals surface area (Å²) in [7, 11) is 0.306. The summed E-state index contributed by atoms with van der Waals surface area (Å²) in [6.45, 7) is 0. The minimum absolute atomic E-state index is 0.241. The molecule has 1 N–H and O–H groups in total. The fourth-order valence-electron chi connectivity index (χ4n) is 3.62. The average molecular weight is 343 g/mol. The number of methoxy groups -OCH3 is 1. The van der Waals surface area contributed by atoms with Crippen LogP contribution in [0, 0.1) is 5.92 Å². The zero-order valence-corrected chi connectivity index (χ0v) is 14.9. The first kappa shape index (κ1) is 18.2. The Kier molecular flexibility index (Phi) is 6.45. The molecule has 1 fully saturated rings. The van der Waals surface area contributed by atoms with E-state index in [1.807, 2.05) is 18.3 Å². The summed E-state index contributed by atoms with van der Waals surface area (Å²) >= 11 is 0. The van der Waals surface area contributed by atoms with Gasteiger partial charge in [0, 0.05) is 32.0 Å². The molecule has 1 aromatic rings. The molecular formula is C16H26NO5P. The van der Waals surface area contributed by atoms with Gasteiger partial charge in [-0.05, 0) is 30.9 Å². The molecule has 1 aliphatic carbocycles. The smallest absolute Gasteiger partial charge is 0.345 e. The van der Waals surface area contributed by atoms with Crippen LogP contribution in [0.3, 0.4) is 0 Å². The molecule has 1 aromatic heterocycles. The molecular weight excluding hydrogens is 317 g/mol. The van der Waals surface area contributed by atoms with Gasteiger partial charge in [-0.3, -0.25) is 9.36 Å². The zero-order valence-electron chi connectivity index (χ0n) is 14.0. The van der Waals surface area contributed by atoms with Crippen molar-refractivity contribution in [3.63, 3.8) is 0 Å². The summed E-state index contributed by atoms with van der Waals surface area (Å²) in [4.78, 5) is 15.7. The van der Waals surface area contributed by atoms with Crippen LogP contribution in [-0.2, 0) is 23.1 Å². The van der Waals surface area contributed by atoms with E-state index in [0.717, 1.165) is 31.4 Å². The van der Waals surface area contributed by atoms with Gasteiger partial charge in [0.05, 0.1) is 7.11 Å². The highest BCUT2D eigenvalue weighted by Crippen LogP contribution is 2.59. The number of hydrogen-bond acceptors (Lipinski definition) is 5. The van der Waals surface area contributed by atoms with Crippen LogP contribution in [0.25, 0.3) is 0 Å². The van der Waals surface area contributed by atoms with Crippen molar-refractivity contribution < 1.29 is 23.1 Å². The second-order valence-corrected chi connectivity index (χ2v) is 8.29. The van der Waals surface area contributed by atoms with E-state index >= 15 is 0 Å². The monoisotopic (exact) mass is 343 g/mol. The van der Waals surface area contributed by atoms with Crippen LogP contribution >= 0.6 is 7.60 Å². The molecule has 0 radical (unpaired) electrons. The van der Waals surface area contributed by atoms with Crippen molar-refractivity contribution in [2.45, 2.75) is 43.7 Å². The van der Waals surface area contributed by atoms with E-state index in [4.69, 9.17) is 13.8 Å². The lowest BCUT2D eigenvalue weighted by Gasteiger charge is -2.36. The van der Waals surface area contributed by atoms with E-state index in [2.05, 4.69) is 4.98 Å². The highest BCUT2D eigenvalue weighted by atomic mass is 31.2. The van der Waals surface area contributed by atoms with Crippen LogP contribution in [-0.4, -0.2) is 37.9 Å². The minimum Gasteiger partial charge on any atom is -0.468 e. The van der Waals surface area contributed by atoms with Crippen LogP contribution in [0.1, 0.15) is 43.7 Å². The van der Waals surface area contributed by atoms with Gasteiger partial charge in [-0.25, -0.2) is 0 Å². The van der Waals surface area contributed by atoms with Crippen molar-refractivity contribution >= 4 is 13.6 Å². The van der Waals surface area contributed by atoms with E-state index in [1.54, 1.807) is 0 Å². The molecule has 0 aromatic carbocycles. The van der Waals surface area contributed by atoms with Gasteiger partial charge in [0.1, 0.15) is 0 Å². The molecule has 1 heterocycles. The highest BCUT2D eigenvalue weighted by molar-refractivity contribution is 7.55. The van der Waals surface area contributed by atoms with Crippen LogP contribution < -0.4 is 0 Å². The van der Waals surface area contributed by atoms with Crippen molar-refractivity contribution in [3.05, 3.63) is 24.0 Å². The molecule has 2 atom stereocenters. The van der Waals surface area contributed by atoms with Gasteiger partial charge >= 0.3 is 13.6 Å². The number of nitrogens with one attached hydrogen (secondary N) is 1. The lowest BCUT2D eigenvalue weighted by molar-refractivity contribution is -0.141. The average Bonchev–Trinajstić information content (AvgIpc) is 3.13. The lowest BCUT2D eigenvalue weighted by Crippen LogP contribution is -2.35. The molecule has 0 saturated heterocycles. The number of ether oxygens (including phenoxy) is 1. The van der Waals surface area contributed by atoms with Gasteiger partial charge in [-0.2, -0.15) is 0 Å². The maximum absolute atomic E-state index is 13.1. The molecule has 2 rings (SSSR count).